The Morgan fingerprint density at radius 3 is 2.58 bits per heavy atom. The number of carbonyl (C=O) groups is 1. The molecule has 6 nitrogen and oxygen atoms in total. The third kappa shape index (κ3) is 7.34. The summed E-state index contributed by atoms with van der Waals surface area (Å²) in [5.74, 6) is -0.485. The second-order valence-electron chi connectivity index (χ2n) is 6.08. The Morgan fingerprint density at radius 1 is 1.37 bits per heavy atom. The highest BCUT2D eigenvalue weighted by atomic mass is 16.7. The second-order valence-corrected chi connectivity index (χ2v) is 6.08. The number of hydrogen-bond acceptors (Lipinski definition) is 5. The number of alkyl carbamates (subject to hydrolysis) is 1. The molecule has 112 valence electrons. The average Bonchev–Trinajstić information content (AvgIpc) is 2.55. The zero-order chi connectivity index (χ0) is 14.5. The van der Waals surface area contributed by atoms with Crippen molar-refractivity contribution in [2.45, 2.75) is 52.1 Å². The lowest BCUT2D eigenvalue weighted by atomic mass is 10.2. The number of rotatable bonds is 5. The molecule has 0 saturated carbocycles. The fourth-order valence-corrected chi connectivity index (χ4v) is 1.69. The monoisotopic (exact) mass is 274 g/mol. The summed E-state index contributed by atoms with van der Waals surface area (Å²) in [6.45, 7) is 11.8. The molecule has 0 aromatic heterocycles. The second kappa shape index (κ2) is 6.54. The maximum absolute atomic E-state index is 11.4. The van der Waals surface area contributed by atoms with Crippen LogP contribution in [0.2, 0.25) is 0 Å². The van der Waals surface area contributed by atoms with Gasteiger partial charge in [-0.15, -0.1) is 0 Å². The molecule has 0 bridgehead atoms. The number of nitrogens with one attached hydrogen (secondary N) is 2. The Bertz CT molecular complexity index is 300. The topological polar surface area (TPSA) is 68.8 Å². The van der Waals surface area contributed by atoms with E-state index in [0.29, 0.717) is 26.2 Å². The summed E-state index contributed by atoms with van der Waals surface area (Å²) < 4.78 is 16.2. The first kappa shape index (κ1) is 16.2. The van der Waals surface area contributed by atoms with Gasteiger partial charge in [0.15, 0.2) is 5.79 Å². The summed E-state index contributed by atoms with van der Waals surface area (Å²) >= 11 is 0. The lowest BCUT2D eigenvalue weighted by Gasteiger charge is -2.20. The molecule has 0 aliphatic carbocycles. The van der Waals surface area contributed by atoms with Gasteiger partial charge in [0.2, 0.25) is 0 Å². The number of amides is 1. The molecule has 0 radical (unpaired) electrons. The summed E-state index contributed by atoms with van der Waals surface area (Å²) in [5, 5.41) is 5.89. The maximum atomic E-state index is 11.4. The highest BCUT2D eigenvalue weighted by Crippen LogP contribution is 2.21. The molecule has 1 atom stereocenters. The molecule has 1 unspecified atom stereocenters. The molecule has 1 saturated heterocycles. The summed E-state index contributed by atoms with van der Waals surface area (Å²) in [4.78, 5) is 11.4. The minimum Gasteiger partial charge on any atom is -0.444 e. The van der Waals surface area contributed by atoms with E-state index in [0.717, 1.165) is 0 Å². The Hall–Kier alpha value is -0.850. The van der Waals surface area contributed by atoms with E-state index in [4.69, 9.17) is 14.2 Å². The Labute approximate surface area is 115 Å². The molecule has 6 heteroatoms. The van der Waals surface area contributed by atoms with Crippen molar-refractivity contribution in [2.24, 2.45) is 0 Å². The van der Waals surface area contributed by atoms with Gasteiger partial charge in [-0.05, 0) is 34.6 Å². The molecule has 0 aromatic rings. The fraction of sp³-hybridized carbons (Fsp3) is 0.923. The molecular weight excluding hydrogens is 248 g/mol. The smallest absolute Gasteiger partial charge is 0.407 e. The van der Waals surface area contributed by atoms with Gasteiger partial charge in [-0.1, -0.05) is 0 Å². The third-order valence-corrected chi connectivity index (χ3v) is 2.41. The molecule has 1 aliphatic rings. The van der Waals surface area contributed by atoms with E-state index in [1.165, 1.54) is 0 Å². The van der Waals surface area contributed by atoms with Crippen LogP contribution in [0.4, 0.5) is 4.79 Å². The number of hydrogen-bond donors (Lipinski definition) is 2. The van der Waals surface area contributed by atoms with Crippen LogP contribution in [-0.2, 0) is 14.2 Å². The lowest BCUT2D eigenvalue weighted by molar-refractivity contribution is -0.137. The number of ether oxygens (including phenoxy) is 3. The maximum Gasteiger partial charge on any atom is 0.407 e. The first-order valence-electron chi connectivity index (χ1n) is 6.67. The van der Waals surface area contributed by atoms with Gasteiger partial charge in [0.25, 0.3) is 0 Å². The molecule has 2 N–H and O–H groups in total. The first-order valence-corrected chi connectivity index (χ1v) is 6.67. The van der Waals surface area contributed by atoms with E-state index in [1.54, 1.807) is 0 Å². The summed E-state index contributed by atoms with van der Waals surface area (Å²) in [6.07, 6.45) is -0.326. The standard InChI is InChI=1S/C13H26N2O4/c1-12(2,3)19-11(16)15-7-6-14-8-10-9-17-13(4,5)18-10/h10,14H,6-9H2,1-5H3,(H,15,16). The molecule has 1 heterocycles. The van der Waals surface area contributed by atoms with Gasteiger partial charge in [0.1, 0.15) is 5.60 Å². The van der Waals surface area contributed by atoms with Crippen molar-refractivity contribution in [2.75, 3.05) is 26.2 Å². The van der Waals surface area contributed by atoms with E-state index in [2.05, 4.69) is 10.6 Å². The van der Waals surface area contributed by atoms with Crippen LogP contribution in [0.1, 0.15) is 34.6 Å². The Morgan fingerprint density at radius 2 is 2.05 bits per heavy atom. The Balaban J connectivity index is 2.01. The zero-order valence-corrected chi connectivity index (χ0v) is 12.5. The predicted octanol–water partition coefficient (Wildman–Crippen LogP) is 1.25. The van der Waals surface area contributed by atoms with Crippen LogP contribution >= 0.6 is 0 Å². The van der Waals surface area contributed by atoms with Gasteiger partial charge in [-0.2, -0.15) is 0 Å². The third-order valence-electron chi connectivity index (χ3n) is 2.41. The van der Waals surface area contributed by atoms with Gasteiger partial charge in [-0.3, -0.25) is 0 Å². The lowest BCUT2D eigenvalue weighted by Crippen LogP contribution is -2.38. The van der Waals surface area contributed by atoms with Crippen LogP contribution in [0.25, 0.3) is 0 Å². The van der Waals surface area contributed by atoms with Gasteiger partial charge in [-0.25, -0.2) is 4.79 Å². The van der Waals surface area contributed by atoms with Crippen molar-refractivity contribution in [1.82, 2.24) is 10.6 Å². The van der Waals surface area contributed by atoms with Crippen molar-refractivity contribution in [3.8, 4) is 0 Å². The van der Waals surface area contributed by atoms with Crippen molar-refractivity contribution >= 4 is 6.09 Å². The Kier molecular flexibility index (Phi) is 5.58. The SMILES string of the molecule is CC(C)(C)OC(=O)NCCNCC1COC(C)(C)O1. The first-order chi connectivity index (χ1) is 8.68. The number of carbonyl (C=O) groups excluding carboxylic acids is 1. The van der Waals surface area contributed by atoms with Crippen molar-refractivity contribution < 1.29 is 19.0 Å². The van der Waals surface area contributed by atoms with Crippen molar-refractivity contribution in [3.63, 3.8) is 0 Å². The van der Waals surface area contributed by atoms with E-state index < -0.39 is 17.5 Å². The van der Waals surface area contributed by atoms with E-state index >= 15 is 0 Å². The van der Waals surface area contributed by atoms with Crippen LogP contribution in [0, 0.1) is 0 Å². The molecule has 19 heavy (non-hydrogen) atoms. The van der Waals surface area contributed by atoms with Crippen LogP contribution in [0.3, 0.4) is 0 Å². The molecule has 1 amide bonds. The van der Waals surface area contributed by atoms with Gasteiger partial charge >= 0.3 is 6.09 Å². The van der Waals surface area contributed by atoms with Crippen LogP contribution in [0.5, 0.6) is 0 Å². The highest BCUT2D eigenvalue weighted by Gasteiger charge is 2.32. The van der Waals surface area contributed by atoms with Crippen LogP contribution in [0.15, 0.2) is 0 Å². The normalized spacial score (nSPS) is 22.3. The van der Waals surface area contributed by atoms with Gasteiger partial charge < -0.3 is 24.8 Å². The summed E-state index contributed by atoms with van der Waals surface area (Å²) in [7, 11) is 0. The largest absolute Gasteiger partial charge is 0.444 e. The quantitative estimate of drug-likeness (QED) is 0.739. The molecule has 0 aromatic carbocycles. The predicted molar refractivity (Wildman–Crippen MR) is 72.0 cm³/mol. The van der Waals surface area contributed by atoms with E-state index in [-0.39, 0.29) is 6.10 Å². The molecular formula is C13H26N2O4. The van der Waals surface area contributed by atoms with Crippen LogP contribution < -0.4 is 10.6 Å². The fourth-order valence-electron chi connectivity index (χ4n) is 1.69. The van der Waals surface area contributed by atoms with Crippen molar-refractivity contribution in [3.05, 3.63) is 0 Å². The van der Waals surface area contributed by atoms with Crippen molar-refractivity contribution in [1.29, 1.82) is 0 Å². The van der Waals surface area contributed by atoms with E-state index in [1.807, 2.05) is 34.6 Å². The molecule has 0 spiro atoms. The minimum atomic E-state index is -0.485. The minimum absolute atomic E-state index is 0.0662. The zero-order valence-electron chi connectivity index (χ0n) is 12.5. The summed E-state index contributed by atoms with van der Waals surface area (Å²) in [6, 6.07) is 0. The van der Waals surface area contributed by atoms with Gasteiger partial charge in [0, 0.05) is 19.6 Å². The molecule has 1 fully saturated rings. The summed E-state index contributed by atoms with van der Waals surface area (Å²) in [5.41, 5.74) is -0.460. The highest BCUT2D eigenvalue weighted by molar-refractivity contribution is 5.67. The average molecular weight is 274 g/mol. The van der Waals surface area contributed by atoms with Gasteiger partial charge in [0.05, 0.1) is 12.7 Å². The van der Waals surface area contributed by atoms with E-state index in [9.17, 15) is 4.79 Å². The molecule has 1 aliphatic heterocycles. The van der Waals surface area contributed by atoms with Crippen LogP contribution in [-0.4, -0.2) is 49.8 Å². The molecule has 1 rings (SSSR count).